The predicted molar refractivity (Wildman–Crippen MR) is 84.1 cm³/mol. The number of nitrogens with one attached hydrogen (secondary N) is 1. The standard InChI is InChI=1S/C15H22N2O3S/c1-17(12-15(19)16-8-10-20-2)11-14-7-6-13(21-14)5-3-4-9-18/h6-7,18H,4,8-12H2,1-2H3,(H,16,19). The van der Waals surface area contributed by atoms with Crippen molar-refractivity contribution in [1.82, 2.24) is 10.2 Å². The third-order valence-corrected chi connectivity index (χ3v) is 3.56. The van der Waals surface area contributed by atoms with Crippen LogP contribution in [0.3, 0.4) is 0 Å². The van der Waals surface area contributed by atoms with E-state index in [0.29, 0.717) is 32.7 Å². The maximum atomic E-state index is 11.6. The van der Waals surface area contributed by atoms with Crippen LogP contribution in [0.15, 0.2) is 12.1 Å². The average molecular weight is 310 g/mol. The molecule has 21 heavy (non-hydrogen) atoms. The van der Waals surface area contributed by atoms with Crippen LogP contribution in [-0.4, -0.2) is 56.4 Å². The number of hydrogen-bond acceptors (Lipinski definition) is 5. The summed E-state index contributed by atoms with van der Waals surface area (Å²) in [7, 11) is 3.52. The van der Waals surface area contributed by atoms with Gasteiger partial charge in [0.15, 0.2) is 0 Å². The normalized spacial score (nSPS) is 10.3. The first-order valence-corrected chi connectivity index (χ1v) is 7.60. The molecule has 0 bridgehead atoms. The average Bonchev–Trinajstić information content (AvgIpc) is 2.86. The topological polar surface area (TPSA) is 61.8 Å². The molecule has 0 aliphatic carbocycles. The van der Waals surface area contributed by atoms with Gasteiger partial charge in [0.2, 0.25) is 5.91 Å². The first kappa shape index (κ1) is 17.7. The Labute approximate surface area is 129 Å². The summed E-state index contributed by atoms with van der Waals surface area (Å²) in [4.78, 5) is 15.7. The Balaban J connectivity index is 2.36. The van der Waals surface area contributed by atoms with Gasteiger partial charge >= 0.3 is 0 Å². The fourth-order valence-electron chi connectivity index (χ4n) is 1.65. The summed E-state index contributed by atoms with van der Waals surface area (Å²) in [5, 5.41) is 11.5. The molecule has 0 saturated heterocycles. The van der Waals surface area contributed by atoms with Crippen LogP contribution in [-0.2, 0) is 16.1 Å². The lowest BCUT2D eigenvalue weighted by Gasteiger charge is -2.15. The molecule has 6 heteroatoms. The van der Waals surface area contributed by atoms with Gasteiger partial charge in [-0.15, -0.1) is 11.3 Å². The summed E-state index contributed by atoms with van der Waals surface area (Å²) >= 11 is 1.61. The highest BCUT2D eigenvalue weighted by Crippen LogP contribution is 2.16. The molecule has 0 aromatic carbocycles. The molecule has 116 valence electrons. The van der Waals surface area contributed by atoms with Crippen LogP contribution in [0.4, 0.5) is 0 Å². The van der Waals surface area contributed by atoms with Gasteiger partial charge in [-0.05, 0) is 19.2 Å². The molecule has 0 radical (unpaired) electrons. The number of nitrogens with zero attached hydrogens (tertiary/aromatic N) is 1. The number of aliphatic hydroxyl groups excluding tert-OH is 1. The van der Waals surface area contributed by atoms with Gasteiger partial charge in [0, 0.05) is 31.5 Å². The van der Waals surface area contributed by atoms with Crippen molar-refractivity contribution in [2.75, 3.05) is 40.5 Å². The third kappa shape index (κ3) is 7.83. The number of thiophene rings is 1. The SMILES string of the molecule is COCCNC(=O)CN(C)Cc1ccc(C#CCCO)s1. The maximum Gasteiger partial charge on any atom is 0.234 e. The molecule has 0 aliphatic rings. The van der Waals surface area contributed by atoms with Crippen LogP contribution < -0.4 is 5.32 Å². The molecular weight excluding hydrogens is 288 g/mol. The molecule has 0 atom stereocenters. The van der Waals surface area contributed by atoms with Gasteiger partial charge in [0.05, 0.1) is 24.6 Å². The van der Waals surface area contributed by atoms with Gasteiger partial charge in [-0.25, -0.2) is 0 Å². The lowest BCUT2D eigenvalue weighted by atomic mass is 10.3. The van der Waals surface area contributed by atoms with E-state index in [4.69, 9.17) is 9.84 Å². The van der Waals surface area contributed by atoms with E-state index in [1.54, 1.807) is 18.4 Å². The summed E-state index contributed by atoms with van der Waals surface area (Å²) in [5.74, 6) is 5.91. The Hall–Kier alpha value is -1.39. The van der Waals surface area contributed by atoms with E-state index in [2.05, 4.69) is 17.2 Å². The Kier molecular flexibility index (Phi) is 8.71. The zero-order valence-corrected chi connectivity index (χ0v) is 13.3. The number of amides is 1. The Morgan fingerprint density at radius 3 is 3.05 bits per heavy atom. The number of rotatable bonds is 8. The lowest BCUT2D eigenvalue weighted by molar-refractivity contribution is -0.122. The minimum absolute atomic E-state index is 0.00549. The number of methoxy groups -OCH3 is 1. The summed E-state index contributed by atoms with van der Waals surface area (Å²) in [5.41, 5.74) is 0. The van der Waals surface area contributed by atoms with Crippen LogP contribution >= 0.6 is 11.3 Å². The molecular formula is C15H22N2O3S. The summed E-state index contributed by atoms with van der Waals surface area (Å²) in [6.07, 6.45) is 0.495. The largest absolute Gasteiger partial charge is 0.395 e. The molecule has 1 heterocycles. The number of hydrogen-bond donors (Lipinski definition) is 2. The van der Waals surface area contributed by atoms with E-state index in [0.717, 1.165) is 9.75 Å². The Bertz CT molecular complexity index is 491. The van der Waals surface area contributed by atoms with Crippen LogP contribution in [0.5, 0.6) is 0 Å². The second-order valence-electron chi connectivity index (χ2n) is 4.56. The highest BCUT2D eigenvalue weighted by molar-refractivity contribution is 7.12. The van der Waals surface area contributed by atoms with Crippen LogP contribution in [0.1, 0.15) is 16.2 Å². The second-order valence-corrected chi connectivity index (χ2v) is 5.72. The quantitative estimate of drug-likeness (QED) is 0.547. The van der Waals surface area contributed by atoms with Gasteiger partial charge in [-0.3, -0.25) is 9.69 Å². The molecule has 0 fully saturated rings. The zero-order chi connectivity index (χ0) is 15.5. The highest BCUT2D eigenvalue weighted by atomic mass is 32.1. The molecule has 5 nitrogen and oxygen atoms in total. The first-order chi connectivity index (χ1) is 10.2. The number of carbonyl (C=O) groups is 1. The smallest absolute Gasteiger partial charge is 0.234 e. The molecule has 1 rings (SSSR count). The number of carbonyl (C=O) groups excluding carboxylic acids is 1. The number of likely N-dealkylation sites (N-methyl/N-ethyl adjacent to an activating group) is 1. The van der Waals surface area contributed by atoms with Crippen molar-refractivity contribution in [1.29, 1.82) is 0 Å². The minimum atomic E-state index is -0.00549. The fourth-order valence-corrected chi connectivity index (χ4v) is 2.61. The molecule has 1 amide bonds. The number of aliphatic hydroxyl groups is 1. The van der Waals surface area contributed by atoms with E-state index in [-0.39, 0.29) is 12.5 Å². The van der Waals surface area contributed by atoms with Crippen molar-refractivity contribution in [2.45, 2.75) is 13.0 Å². The van der Waals surface area contributed by atoms with E-state index in [9.17, 15) is 4.79 Å². The van der Waals surface area contributed by atoms with Gasteiger partial charge in [0.1, 0.15) is 0 Å². The van der Waals surface area contributed by atoms with Crippen molar-refractivity contribution in [3.63, 3.8) is 0 Å². The highest BCUT2D eigenvalue weighted by Gasteiger charge is 2.08. The summed E-state index contributed by atoms with van der Waals surface area (Å²) < 4.78 is 4.88. The minimum Gasteiger partial charge on any atom is -0.395 e. The molecule has 0 saturated carbocycles. The monoisotopic (exact) mass is 310 g/mol. The molecule has 0 aliphatic heterocycles. The van der Waals surface area contributed by atoms with Gasteiger partial charge in [-0.2, -0.15) is 0 Å². The maximum absolute atomic E-state index is 11.6. The van der Waals surface area contributed by atoms with Gasteiger partial charge in [0.25, 0.3) is 0 Å². The second kappa shape index (κ2) is 10.4. The molecule has 0 spiro atoms. The van der Waals surface area contributed by atoms with E-state index < -0.39 is 0 Å². The first-order valence-electron chi connectivity index (χ1n) is 6.78. The predicted octanol–water partition coefficient (Wildman–Crippen LogP) is 0.676. The molecule has 1 aromatic rings. The van der Waals surface area contributed by atoms with E-state index >= 15 is 0 Å². The summed E-state index contributed by atoms with van der Waals surface area (Å²) in [6.45, 7) is 2.21. The van der Waals surface area contributed by atoms with Crippen molar-refractivity contribution in [3.05, 3.63) is 21.9 Å². The van der Waals surface area contributed by atoms with Crippen molar-refractivity contribution < 1.29 is 14.6 Å². The lowest BCUT2D eigenvalue weighted by Crippen LogP contribution is -2.36. The van der Waals surface area contributed by atoms with Crippen molar-refractivity contribution in [2.24, 2.45) is 0 Å². The van der Waals surface area contributed by atoms with Gasteiger partial charge < -0.3 is 15.2 Å². The van der Waals surface area contributed by atoms with Crippen LogP contribution in [0.25, 0.3) is 0 Å². The van der Waals surface area contributed by atoms with E-state index in [1.165, 1.54) is 0 Å². The summed E-state index contributed by atoms with van der Waals surface area (Å²) in [6, 6.07) is 3.99. The third-order valence-electron chi connectivity index (χ3n) is 2.58. The van der Waals surface area contributed by atoms with Crippen molar-refractivity contribution >= 4 is 17.2 Å². The van der Waals surface area contributed by atoms with E-state index in [1.807, 2.05) is 24.1 Å². The Morgan fingerprint density at radius 1 is 1.52 bits per heavy atom. The van der Waals surface area contributed by atoms with Crippen LogP contribution in [0, 0.1) is 11.8 Å². The van der Waals surface area contributed by atoms with Gasteiger partial charge in [-0.1, -0.05) is 11.8 Å². The fraction of sp³-hybridized carbons (Fsp3) is 0.533. The van der Waals surface area contributed by atoms with Crippen LogP contribution in [0.2, 0.25) is 0 Å². The Morgan fingerprint density at radius 2 is 2.33 bits per heavy atom. The molecule has 1 aromatic heterocycles. The van der Waals surface area contributed by atoms with Crippen molar-refractivity contribution in [3.8, 4) is 11.8 Å². The molecule has 0 unspecified atom stereocenters. The zero-order valence-electron chi connectivity index (χ0n) is 12.5. The molecule has 2 N–H and O–H groups in total. The number of ether oxygens (including phenoxy) is 1.